The van der Waals surface area contributed by atoms with E-state index in [0.717, 1.165) is 12.1 Å². The van der Waals surface area contributed by atoms with Crippen molar-refractivity contribution in [2.24, 2.45) is 0 Å². The molecule has 3 rings (SSSR count). The van der Waals surface area contributed by atoms with Crippen LogP contribution in [0, 0.1) is 0 Å². The largest absolute Gasteiger partial charge is 0.338 e. The van der Waals surface area contributed by atoms with E-state index in [0.29, 0.717) is 5.15 Å². The Balaban J connectivity index is 2.64. The number of hydrogen-bond donors (Lipinski definition) is 0. The van der Waals surface area contributed by atoms with Crippen molar-refractivity contribution in [2.75, 3.05) is 0 Å². The molecule has 0 aliphatic rings. The Morgan fingerprint density at radius 3 is 2.81 bits per heavy atom. The van der Waals surface area contributed by atoms with Crippen molar-refractivity contribution in [3.8, 4) is 0 Å². The molecule has 0 amide bonds. The van der Waals surface area contributed by atoms with E-state index in [9.17, 15) is 0 Å². The molecule has 2 aromatic heterocycles. The van der Waals surface area contributed by atoms with Gasteiger partial charge in [-0.3, -0.25) is 0 Å². The summed E-state index contributed by atoms with van der Waals surface area (Å²) in [6, 6.07) is 10.4. The Morgan fingerprint density at radius 1 is 1.19 bits per heavy atom. The van der Waals surface area contributed by atoms with Crippen LogP contribution in [0.1, 0.15) is 6.92 Å². The molecular formula is C13H11ClN2. The lowest BCUT2D eigenvalue weighted by atomic mass is 10.2. The number of aromatic nitrogens is 2. The molecule has 3 aromatic rings. The van der Waals surface area contributed by atoms with E-state index in [1.165, 1.54) is 16.3 Å². The minimum absolute atomic E-state index is 0.579. The molecular weight excluding hydrogens is 220 g/mol. The highest BCUT2D eigenvalue weighted by Crippen LogP contribution is 2.31. The van der Waals surface area contributed by atoms with E-state index in [1.54, 1.807) is 6.20 Å². The van der Waals surface area contributed by atoms with Crippen molar-refractivity contribution in [3.63, 3.8) is 0 Å². The zero-order valence-corrected chi connectivity index (χ0v) is 9.70. The SMILES string of the molecule is CCn1c2ccccc2c2ccnc(Cl)c21. The van der Waals surface area contributed by atoms with Crippen LogP contribution in [0.5, 0.6) is 0 Å². The molecule has 0 bridgehead atoms. The summed E-state index contributed by atoms with van der Waals surface area (Å²) in [6.45, 7) is 3.02. The molecule has 0 saturated heterocycles. The maximum Gasteiger partial charge on any atom is 0.153 e. The van der Waals surface area contributed by atoms with Gasteiger partial charge in [0.1, 0.15) is 0 Å². The molecule has 0 unspecified atom stereocenters. The van der Waals surface area contributed by atoms with Crippen molar-refractivity contribution >= 4 is 33.4 Å². The van der Waals surface area contributed by atoms with Gasteiger partial charge in [0.15, 0.2) is 5.15 Å². The number of nitrogens with zero attached hydrogens (tertiary/aromatic N) is 2. The third-order valence-electron chi connectivity index (χ3n) is 2.95. The number of rotatable bonds is 1. The number of pyridine rings is 1. The smallest absolute Gasteiger partial charge is 0.153 e. The first kappa shape index (κ1) is 9.67. The lowest BCUT2D eigenvalue weighted by molar-refractivity contribution is 0.825. The molecule has 0 N–H and O–H groups in total. The van der Waals surface area contributed by atoms with Gasteiger partial charge >= 0.3 is 0 Å². The predicted octanol–water partition coefficient (Wildman–Crippen LogP) is 3.86. The summed E-state index contributed by atoms with van der Waals surface area (Å²) < 4.78 is 2.21. The molecule has 2 heterocycles. The van der Waals surface area contributed by atoms with Gasteiger partial charge in [0.25, 0.3) is 0 Å². The molecule has 0 spiro atoms. The highest BCUT2D eigenvalue weighted by Gasteiger charge is 2.11. The molecule has 0 atom stereocenters. The number of para-hydroxylation sites is 1. The maximum absolute atomic E-state index is 6.18. The molecule has 3 heteroatoms. The van der Waals surface area contributed by atoms with Gasteiger partial charge in [0.2, 0.25) is 0 Å². The molecule has 0 aliphatic carbocycles. The molecule has 0 aliphatic heterocycles. The van der Waals surface area contributed by atoms with Crippen molar-refractivity contribution in [3.05, 3.63) is 41.7 Å². The van der Waals surface area contributed by atoms with Crippen LogP contribution >= 0.6 is 11.6 Å². The van der Waals surface area contributed by atoms with Crippen LogP contribution in [-0.4, -0.2) is 9.55 Å². The predicted molar refractivity (Wildman–Crippen MR) is 67.9 cm³/mol. The zero-order chi connectivity index (χ0) is 11.1. The highest BCUT2D eigenvalue weighted by atomic mass is 35.5. The van der Waals surface area contributed by atoms with E-state index in [-0.39, 0.29) is 0 Å². The van der Waals surface area contributed by atoms with Crippen molar-refractivity contribution in [1.82, 2.24) is 9.55 Å². The first-order chi connectivity index (χ1) is 7.83. The average Bonchev–Trinajstić information content (AvgIpc) is 2.65. The molecule has 80 valence electrons. The second-order valence-electron chi connectivity index (χ2n) is 3.76. The van der Waals surface area contributed by atoms with Gasteiger partial charge in [-0.2, -0.15) is 0 Å². The fraction of sp³-hybridized carbons (Fsp3) is 0.154. The van der Waals surface area contributed by atoms with E-state index in [1.807, 2.05) is 6.07 Å². The fourth-order valence-electron chi connectivity index (χ4n) is 2.29. The normalized spacial score (nSPS) is 11.4. The summed E-state index contributed by atoms with van der Waals surface area (Å²) >= 11 is 6.18. The third-order valence-corrected chi connectivity index (χ3v) is 3.23. The molecule has 1 aromatic carbocycles. The van der Waals surface area contributed by atoms with Crippen LogP contribution in [0.25, 0.3) is 21.8 Å². The summed E-state index contributed by atoms with van der Waals surface area (Å²) in [4.78, 5) is 4.16. The minimum Gasteiger partial charge on any atom is -0.338 e. The lowest BCUT2D eigenvalue weighted by Crippen LogP contribution is -1.93. The minimum atomic E-state index is 0.579. The van der Waals surface area contributed by atoms with Gasteiger partial charge in [0.05, 0.1) is 5.52 Å². The summed E-state index contributed by atoms with van der Waals surface area (Å²) in [5.41, 5.74) is 2.25. The fourth-order valence-corrected chi connectivity index (χ4v) is 2.55. The van der Waals surface area contributed by atoms with E-state index in [2.05, 4.69) is 40.7 Å². The Bertz CT molecular complexity index is 670. The van der Waals surface area contributed by atoms with Crippen LogP contribution in [0.3, 0.4) is 0 Å². The van der Waals surface area contributed by atoms with Gasteiger partial charge in [0, 0.05) is 29.0 Å². The maximum atomic E-state index is 6.18. The highest BCUT2D eigenvalue weighted by molar-refractivity contribution is 6.35. The number of halogens is 1. The van der Waals surface area contributed by atoms with Gasteiger partial charge in [-0.15, -0.1) is 0 Å². The van der Waals surface area contributed by atoms with Gasteiger partial charge in [-0.25, -0.2) is 4.98 Å². The zero-order valence-electron chi connectivity index (χ0n) is 8.94. The second kappa shape index (κ2) is 3.49. The molecule has 16 heavy (non-hydrogen) atoms. The molecule has 2 nitrogen and oxygen atoms in total. The number of benzene rings is 1. The topological polar surface area (TPSA) is 17.8 Å². The summed E-state index contributed by atoms with van der Waals surface area (Å²) in [6.07, 6.45) is 1.76. The lowest BCUT2D eigenvalue weighted by Gasteiger charge is -2.03. The van der Waals surface area contributed by atoms with Crippen LogP contribution in [0.4, 0.5) is 0 Å². The van der Waals surface area contributed by atoms with Crippen LogP contribution in [0.15, 0.2) is 36.5 Å². The summed E-state index contributed by atoms with van der Waals surface area (Å²) in [5.74, 6) is 0. The number of hydrogen-bond acceptors (Lipinski definition) is 1. The number of aryl methyl sites for hydroxylation is 1. The molecule has 0 fully saturated rings. The quantitative estimate of drug-likeness (QED) is 0.581. The number of fused-ring (bicyclic) bond motifs is 3. The Hall–Kier alpha value is -1.54. The average molecular weight is 231 g/mol. The summed E-state index contributed by atoms with van der Waals surface area (Å²) in [7, 11) is 0. The Labute approximate surface area is 98.5 Å². The van der Waals surface area contributed by atoms with Gasteiger partial charge in [-0.1, -0.05) is 29.8 Å². The third kappa shape index (κ3) is 1.17. The van der Waals surface area contributed by atoms with Crippen molar-refractivity contribution < 1.29 is 0 Å². The van der Waals surface area contributed by atoms with Gasteiger partial charge in [-0.05, 0) is 19.1 Å². The Kier molecular flexibility index (Phi) is 2.11. The van der Waals surface area contributed by atoms with E-state index in [4.69, 9.17) is 11.6 Å². The molecule has 0 radical (unpaired) electrons. The Morgan fingerprint density at radius 2 is 2.00 bits per heavy atom. The second-order valence-corrected chi connectivity index (χ2v) is 4.12. The van der Waals surface area contributed by atoms with Gasteiger partial charge < -0.3 is 4.57 Å². The first-order valence-electron chi connectivity index (χ1n) is 5.34. The van der Waals surface area contributed by atoms with Crippen LogP contribution < -0.4 is 0 Å². The van der Waals surface area contributed by atoms with Crippen LogP contribution in [0.2, 0.25) is 5.15 Å². The standard InChI is InChI=1S/C13H11ClN2/c1-2-16-11-6-4-3-5-9(11)10-7-8-15-13(14)12(10)16/h3-8H,2H2,1H3. The van der Waals surface area contributed by atoms with Crippen molar-refractivity contribution in [1.29, 1.82) is 0 Å². The molecule has 0 saturated carbocycles. The van der Waals surface area contributed by atoms with E-state index >= 15 is 0 Å². The summed E-state index contributed by atoms with van der Waals surface area (Å²) in [5, 5.41) is 3.00. The van der Waals surface area contributed by atoms with Crippen LogP contribution in [-0.2, 0) is 6.54 Å². The monoisotopic (exact) mass is 230 g/mol. The van der Waals surface area contributed by atoms with E-state index < -0.39 is 0 Å². The van der Waals surface area contributed by atoms with Crippen molar-refractivity contribution in [2.45, 2.75) is 13.5 Å². The first-order valence-corrected chi connectivity index (χ1v) is 5.72.